The number of unbranched alkanes of at least 4 members (excludes halogenated alkanes) is 4. The molecule has 51 heavy (non-hydrogen) atoms. The van der Waals surface area contributed by atoms with Crippen molar-refractivity contribution in [3.05, 3.63) is 71.8 Å². The summed E-state index contributed by atoms with van der Waals surface area (Å²) in [4.78, 5) is 51.2. The van der Waals surface area contributed by atoms with E-state index in [4.69, 9.17) is 4.74 Å². The second-order valence-electron chi connectivity index (χ2n) is 14.3. The third-order valence-electron chi connectivity index (χ3n) is 9.78. The highest BCUT2D eigenvalue weighted by Gasteiger charge is 2.62. The largest absolute Gasteiger partial charge is 0.548 e. The molecule has 11 heteroatoms. The van der Waals surface area contributed by atoms with Crippen LogP contribution in [0.2, 0.25) is 0 Å². The number of amides is 3. The van der Waals surface area contributed by atoms with Crippen molar-refractivity contribution in [2.45, 2.75) is 128 Å². The van der Waals surface area contributed by atoms with Crippen LogP contribution in [0.5, 0.6) is 0 Å². The van der Waals surface area contributed by atoms with Crippen LogP contribution >= 0.6 is 11.8 Å². The molecule has 2 saturated heterocycles. The minimum atomic E-state index is -1.33. The Bertz CT molecular complexity index is 1350. The lowest BCUT2D eigenvalue weighted by Gasteiger charge is -2.45. The Labute approximate surface area is 309 Å². The molecular formula is C40H60N4O6S. The molecule has 0 spiro atoms. The van der Waals surface area contributed by atoms with E-state index in [0.717, 1.165) is 5.56 Å². The first kappa shape index (κ1) is 41.8. The molecule has 2 fully saturated rings. The average Bonchev–Trinajstić information content (AvgIpc) is 3.39. The highest BCUT2D eigenvalue weighted by atomic mass is 32.2. The minimum absolute atomic E-state index is 0.0320. The van der Waals surface area contributed by atoms with Gasteiger partial charge in [-0.2, -0.15) is 0 Å². The molecule has 2 aromatic carbocycles. The lowest BCUT2D eigenvalue weighted by atomic mass is 9.95. The van der Waals surface area contributed by atoms with Gasteiger partial charge in [-0.05, 0) is 50.7 Å². The Balaban J connectivity index is 0.000000351. The second-order valence-corrected chi connectivity index (χ2v) is 16.0. The van der Waals surface area contributed by atoms with Crippen LogP contribution in [0, 0.1) is 0 Å². The summed E-state index contributed by atoms with van der Waals surface area (Å²) in [6.45, 7) is 18.5. The van der Waals surface area contributed by atoms with Gasteiger partial charge in [0, 0.05) is 4.75 Å². The van der Waals surface area contributed by atoms with Gasteiger partial charge in [0.05, 0.1) is 38.2 Å². The van der Waals surface area contributed by atoms with Crippen LogP contribution in [-0.2, 0) is 25.7 Å². The Hall–Kier alpha value is -3.57. The van der Waals surface area contributed by atoms with Gasteiger partial charge in [-0.1, -0.05) is 114 Å². The fourth-order valence-electron chi connectivity index (χ4n) is 6.84. The van der Waals surface area contributed by atoms with Crippen molar-refractivity contribution >= 4 is 35.6 Å². The van der Waals surface area contributed by atoms with Crippen molar-refractivity contribution < 1.29 is 33.5 Å². The quantitative estimate of drug-likeness (QED) is 0.135. The molecule has 4 rings (SSSR count). The van der Waals surface area contributed by atoms with Gasteiger partial charge in [-0.3, -0.25) is 9.59 Å². The second kappa shape index (κ2) is 20.5. The van der Waals surface area contributed by atoms with Crippen molar-refractivity contribution in [1.82, 2.24) is 15.5 Å². The first-order valence-corrected chi connectivity index (χ1v) is 19.7. The van der Waals surface area contributed by atoms with Crippen molar-refractivity contribution in [3.8, 4) is 0 Å². The molecule has 2 aliphatic rings. The van der Waals surface area contributed by atoms with Gasteiger partial charge < -0.3 is 34.7 Å². The molecule has 0 aliphatic carbocycles. The number of aliphatic carboxylic acids is 1. The first-order chi connectivity index (χ1) is 24.4. The summed E-state index contributed by atoms with van der Waals surface area (Å²) < 4.78 is 5.91. The third kappa shape index (κ3) is 11.7. The van der Waals surface area contributed by atoms with Crippen LogP contribution in [0.4, 0.5) is 4.79 Å². The molecule has 282 valence electrons. The Morgan fingerprint density at radius 2 is 1.33 bits per heavy atom. The smallest absolute Gasteiger partial charge is 0.408 e. The zero-order valence-electron chi connectivity index (χ0n) is 31.5. The van der Waals surface area contributed by atoms with E-state index in [2.05, 4.69) is 38.3 Å². The maximum atomic E-state index is 13.2. The maximum absolute atomic E-state index is 13.2. The Kier molecular flexibility index (Phi) is 16.8. The van der Waals surface area contributed by atoms with Crippen molar-refractivity contribution in [2.75, 3.05) is 26.2 Å². The number of alkyl carbamates (subject to hydrolysis) is 1. The van der Waals surface area contributed by atoms with E-state index < -0.39 is 52.1 Å². The van der Waals surface area contributed by atoms with Crippen molar-refractivity contribution in [2.24, 2.45) is 0 Å². The summed E-state index contributed by atoms with van der Waals surface area (Å²) >= 11 is 1.29. The van der Waals surface area contributed by atoms with Crippen LogP contribution in [0.1, 0.15) is 110 Å². The van der Waals surface area contributed by atoms with E-state index in [0.29, 0.717) is 5.56 Å². The summed E-state index contributed by atoms with van der Waals surface area (Å²) in [7, 11) is 0. The molecule has 2 aliphatic heterocycles. The van der Waals surface area contributed by atoms with Crippen LogP contribution in [0.25, 0.3) is 0 Å². The molecule has 0 radical (unpaired) electrons. The van der Waals surface area contributed by atoms with Crippen molar-refractivity contribution in [1.29, 1.82) is 0 Å². The molecule has 2 heterocycles. The fourth-order valence-corrected chi connectivity index (χ4v) is 8.46. The zero-order valence-corrected chi connectivity index (χ0v) is 32.3. The summed E-state index contributed by atoms with van der Waals surface area (Å²) in [5.74, 6) is -2.43. The number of fused-ring (bicyclic) bond motifs is 1. The number of carboxylic acids is 1. The van der Waals surface area contributed by atoms with E-state index in [1.807, 2.05) is 30.3 Å². The van der Waals surface area contributed by atoms with Crippen LogP contribution in [-0.4, -0.2) is 81.6 Å². The predicted molar refractivity (Wildman–Crippen MR) is 201 cm³/mol. The molecule has 0 aromatic heterocycles. The van der Waals surface area contributed by atoms with E-state index in [9.17, 15) is 24.3 Å². The topological polar surface area (TPSA) is 128 Å². The number of ether oxygens (including phenoxy) is 1. The number of hydrogen-bond donors (Lipinski definition) is 2. The molecule has 0 bridgehead atoms. The summed E-state index contributed by atoms with van der Waals surface area (Å²) in [6, 6.07) is 14.6. The predicted octanol–water partition coefficient (Wildman–Crippen LogP) is 5.95. The van der Waals surface area contributed by atoms with Gasteiger partial charge in [0.1, 0.15) is 24.1 Å². The summed E-state index contributed by atoms with van der Waals surface area (Å²) in [5.41, 5.74) is 1.30. The molecule has 10 nitrogen and oxygen atoms in total. The van der Waals surface area contributed by atoms with Gasteiger partial charge >= 0.3 is 6.09 Å². The molecule has 4 atom stereocenters. The van der Waals surface area contributed by atoms with Crippen molar-refractivity contribution in [3.63, 3.8) is 0 Å². The van der Waals surface area contributed by atoms with Crippen LogP contribution < -0.4 is 15.7 Å². The normalized spacial score (nSPS) is 19.5. The monoisotopic (exact) mass is 724 g/mol. The molecule has 0 saturated carbocycles. The number of carbonyl (C=O) groups is 4. The number of benzene rings is 2. The number of thioether (sulfide) groups is 1. The number of carbonyl (C=O) groups excluding carboxylic acids is 4. The number of hydrogen-bond acceptors (Lipinski definition) is 7. The lowest BCUT2D eigenvalue weighted by Crippen LogP contribution is -2.72. The number of quaternary nitrogens is 1. The van der Waals surface area contributed by atoms with Gasteiger partial charge in [-0.25, -0.2) is 4.79 Å². The molecular weight excluding hydrogens is 665 g/mol. The van der Waals surface area contributed by atoms with E-state index >= 15 is 0 Å². The van der Waals surface area contributed by atoms with Gasteiger partial charge in [0.15, 0.2) is 0 Å². The SMILES string of the molecule is CC1(C)S[C@@H]2[C@H](NC(=O)C(NC(=O)OCc3ccccc3)c3ccccc3)C(=O)N2[C@H]1C(=O)[O-].CCCC[N+](CCCC)(CCCC)CCCC. The Morgan fingerprint density at radius 3 is 1.80 bits per heavy atom. The third-order valence-corrected chi connectivity index (χ3v) is 11.3. The first-order valence-electron chi connectivity index (χ1n) is 18.8. The van der Waals surface area contributed by atoms with E-state index in [1.54, 1.807) is 44.2 Å². The summed E-state index contributed by atoms with van der Waals surface area (Å²) in [6.07, 6.45) is 10.3. The highest BCUT2D eigenvalue weighted by Crippen LogP contribution is 2.50. The molecule has 2 N–H and O–H groups in total. The lowest BCUT2D eigenvalue weighted by molar-refractivity contribution is -0.929. The number of β-lactam (4-membered cyclic amide) rings is 1. The number of rotatable bonds is 19. The summed E-state index contributed by atoms with van der Waals surface area (Å²) in [5, 5.41) is 16.3. The van der Waals surface area contributed by atoms with Gasteiger partial charge in [-0.15, -0.1) is 11.8 Å². The van der Waals surface area contributed by atoms with Crippen LogP contribution in [0.3, 0.4) is 0 Å². The molecule has 3 amide bonds. The van der Waals surface area contributed by atoms with Gasteiger partial charge in [0.2, 0.25) is 11.8 Å². The van der Waals surface area contributed by atoms with Crippen LogP contribution in [0.15, 0.2) is 60.7 Å². The Morgan fingerprint density at radius 1 is 0.843 bits per heavy atom. The highest BCUT2D eigenvalue weighted by molar-refractivity contribution is 8.01. The maximum Gasteiger partial charge on any atom is 0.408 e. The molecule has 1 unspecified atom stereocenters. The van der Waals surface area contributed by atoms with Gasteiger partial charge in [0.25, 0.3) is 0 Å². The zero-order chi connectivity index (χ0) is 37.4. The number of nitrogens with zero attached hydrogens (tertiary/aromatic N) is 2. The number of carboxylic acid groups (broad SMARTS) is 1. The van der Waals surface area contributed by atoms with E-state index in [-0.39, 0.29) is 6.61 Å². The number of nitrogens with one attached hydrogen (secondary N) is 2. The fraction of sp³-hybridized carbons (Fsp3) is 0.600. The van der Waals surface area contributed by atoms with E-state index in [1.165, 1.54) is 98.7 Å². The molecule has 2 aromatic rings. The average molecular weight is 725 g/mol. The minimum Gasteiger partial charge on any atom is -0.548 e. The standard InChI is InChI=1S/C24H25N3O6S.C16H36N/c1-24(2)18(22(30)31)27-20(29)17(21(27)34-24)25-19(28)16(15-11-7-4-8-12-15)26-23(32)33-13-14-9-5-3-6-10-14;1-5-9-13-17(14-10-6-2,15-11-7-3)16-12-8-4/h3-12,16-18,21H,13H2,1-2H3,(H,25,28)(H,26,32)(H,30,31);5-16H2,1-4H3/q;+1/p-1/t16?,17-,18+,21-;/m1./s1.